The molecule has 0 radical (unpaired) electrons. The molecule has 3 aromatic rings. The summed E-state index contributed by atoms with van der Waals surface area (Å²) < 4.78 is 12.4. The molecular weight excluding hydrogens is 378 g/mol. The molecule has 0 saturated heterocycles. The van der Waals surface area contributed by atoms with Gasteiger partial charge in [0.1, 0.15) is 0 Å². The number of aromatic nitrogens is 2. The van der Waals surface area contributed by atoms with Gasteiger partial charge in [0.05, 0.1) is 16.9 Å². The highest BCUT2D eigenvalue weighted by Crippen LogP contribution is 2.34. The third-order valence-corrected chi connectivity index (χ3v) is 5.05. The molecule has 144 valence electrons. The number of nitrogens with zero attached hydrogens (tertiary/aromatic N) is 1. The Bertz CT molecular complexity index is 1170. The lowest BCUT2D eigenvalue weighted by atomic mass is 10.1. The Morgan fingerprint density at radius 1 is 1.25 bits per heavy atom. The van der Waals surface area contributed by atoms with E-state index < -0.39 is 0 Å². The molecule has 2 aromatic carbocycles. The molecule has 0 bridgehead atoms. The number of fused-ring (bicyclic) bond motifs is 2. The minimum absolute atomic E-state index is 0.143. The second-order valence-corrected chi connectivity index (χ2v) is 6.97. The fourth-order valence-electron chi connectivity index (χ4n) is 3.19. The zero-order valence-electron chi connectivity index (χ0n) is 15.2. The number of rotatable bonds is 5. The topological polar surface area (TPSA) is 85.4 Å². The van der Waals surface area contributed by atoms with E-state index in [0.29, 0.717) is 27.2 Å². The monoisotopic (exact) mass is 397 g/mol. The van der Waals surface area contributed by atoms with Gasteiger partial charge in [-0.3, -0.25) is 14.2 Å². The Labute approximate surface area is 165 Å². The summed E-state index contributed by atoms with van der Waals surface area (Å²) in [6.07, 6.45) is 0.143. The van der Waals surface area contributed by atoms with Crippen LogP contribution in [0.3, 0.4) is 0 Å². The molecule has 28 heavy (non-hydrogen) atoms. The van der Waals surface area contributed by atoms with Crippen molar-refractivity contribution in [3.8, 4) is 11.5 Å². The Kier molecular flexibility index (Phi) is 4.87. The van der Waals surface area contributed by atoms with Gasteiger partial charge in [0.2, 0.25) is 12.7 Å². The Balaban J connectivity index is 1.44. The molecule has 7 nitrogen and oxygen atoms in total. The summed E-state index contributed by atoms with van der Waals surface area (Å²) in [5, 5.41) is 3.49. The van der Waals surface area contributed by atoms with Crippen LogP contribution in [-0.4, -0.2) is 22.3 Å². The van der Waals surface area contributed by atoms with E-state index in [2.05, 4.69) is 10.3 Å². The SMILES string of the molecule is CC(NC(=O)CCn1c(=S)[nH]c2ccccc2c1=O)c1ccc2c(c1)OCO2. The van der Waals surface area contributed by atoms with Crippen LogP contribution in [0, 0.1) is 4.77 Å². The smallest absolute Gasteiger partial charge is 0.262 e. The maximum Gasteiger partial charge on any atom is 0.262 e. The molecule has 2 heterocycles. The van der Waals surface area contributed by atoms with E-state index in [0.717, 1.165) is 5.56 Å². The third kappa shape index (κ3) is 3.50. The quantitative estimate of drug-likeness (QED) is 0.647. The zero-order chi connectivity index (χ0) is 19.7. The largest absolute Gasteiger partial charge is 0.454 e. The first-order valence-electron chi connectivity index (χ1n) is 8.94. The number of H-pyrrole nitrogens is 1. The molecule has 0 aliphatic carbocycles. The van der Waals surface area contributed by atoms with Gasteiger partial charge in [0.25, 0.3) is 5.56 Å². The first-order chi connectivity index (χ1) is 13.5. The maximum absolute atomic E-state index is 12.6. The molecule has 0 fully saturated rings. The second kappa shape index (κ2) is 7.47. The number of para-hydroxylation sites is 1. The van der Waals surface area contributed by atoms with E-state index in [1.807, 2.05) is 31.2 Å². The average molecular weight is 397 g/mol. The van der Waals surface area contributed by atoms with Crippen molar-refractivity contribution in [1.29, 1.82) is 0 Å². The summed E-state index contributed by atoms with van der Waals surface area (Å²) in [6.45, 7) is 2.31. The van der Waals surface area contributed by atoms with E-state index in [1.165, 1.54) is 4.57 Å². The first kappa shape index (κ1) is 18.2. The summed E-state index contributed by atoms with van der Waals surface area (Å²) in [5.74, 6) is 1.21. The van der Waals surface area contributed by atoms with E-state index in [1.54, 1.807) is 18.2 Å². The third-order valence-electron chi connectivity index (χ3n) is 4.73. The van der Waals surface area contributed by atoms with Crippen molar-refractivity contribution in [1.82, 2.24) is 14.9 Å². The number of hydrogen-bond donors (Lipinski definition) is 2. The van der Waals surface area contributed by atoms with Gasteiger partial charge in [-0.05, 0) is 49.0 Å². The summed E-state index contributed by atoms with van der Waals surface area (Å²) >= 11 is 5.28. The molecule has 0 spiro atoms. The minimum atomic E-state index is -0.204. The highest BCUT2D eigenvalue weighted by molar-refractivity contribution is 7.71. The lowest BCUT2D eigenvalue weighted by molar-refractivity contribution is -0.122. The maximum atomic E-state index is 12.6. The minimum Gasteiger partial charge on any atom is -0.454 e. The van der Waals surface area contributed by atoms with E-state index in [-0.39, 0.29) is 37.3 Å². The van der Waals surface area contributed by atoms with Crippen LogP contribution in [0.5, 0.6) is 11.5 Å². The van der Waals surface area contributed by atoms with Gasteiger partial charge in [-0.25, -0.2) is 0 Å². The van der Waals surface area contributed by atoms with E-state index in [4.69, 9.17) is 21.7 Å². The van der Waals surface area contributed by atoms with Gasteiger partial charge >= 0.3 is 0 Å². The van der Waals surface area contributed by atoms with Gasteiger partial charge in [0.15, 0.2) is 16.3 Å². The van der Waals surface area contributed by atoms with Gasteiger partial charge in [0, 0.05) is 13.0 Å². The Hall–Kier alpha value is -3.13. The van der Waals surface area contributed by atoms with Crippen molar-refractivity contribution >= 4 is 29.0 Å². The van der Waals surface area contributed by atoms with Gasteiger partial charge in [-0.2, -0.15) is 0 Å². The zero-order valence-corrected chi connectivity index (χ0v) is 16.0. The normalized spacial score (nSPS) is 13.5. The molecule has 1 amide bonds. The predicted octanol–water partition coefficient (Wildman–Crippen LogP) is 3.06. The summed E-state index contributed by atoms with van der Waals surface area (Å²) in [7, 11) is 0. The van der Waals surface area contributed by atoms with Crippen LogP contribution in [0.2, 0.25) is 0 Å². The van der Waals surface area contributed by atoms with Crippen LogP contribution in [0.4, 0.5) is 0 Å². The number of benzene rings is 2. The molecule has 1 atom stereocenters. The molecule has 4 rings (SSSR count). The van der Waals surface area contributed by atoms with E-state index in [9.17, 15) is 9.59 Å². The number of aromatic amines is 1. The number of amides is 1. The summed E-state index contributed by atoms with van der Waals surface area (Å²) in [6, 6.07) is 12.5. The highest BCUT2D eigenvalue weighted by Gasteiger charge is 2.17. The molecule has 1 aliphatic rings. The molecule has 2 N–H and O–H groups in total. The van der Waals surface area contributed by atoms with Gasteiger partial charge in [-0.1, -0.05) is 18.2 Å². The lowest BCUT2D eigenvalue weighted by Gasteiger charge is -2.15. The Morgan fingerprint density at radius 3 is 2.89 bits per heavy atom. The van der Waals surface area contributed by atoms with Crippen molar-refractivity contribution < 1.29 is 14.3 Å². The number of ether oxygens (including phenoxy) is 2. The van der Waals surface area contributed by atoms with Crippen molar-refractivity contribution in [2.75, 3.05) is 6.79 Å². The van der Waals surface area contributed by atoms with Crippen molar-refractivity contribution in [2.24, 2.45) is 0 Å². The summed E-state index contributed by atoms with van der Waals surface area (Å²) in [5.41, 5.74) is 1.41. The summed E-state index contributed by atoms with van der Waals surface area (Å²) in [4.78, 5) is 28.1. The number of carbonyl (C=O) groups is 1. The Morgan fingerprint density at radius 2 is 2.04 bits per heavy atom. The van der Waals surface area contributed by atoms with Crippen molar-refractivity contribution in [3.05, 3.63) is 63.2 Å². The van der Waals surface area contributed by atoms with Crippen LogP contribution in [0.1, 0.15) is 24.9 Å². The fraction of sp³-hybridized carbons (Fsp3) is 0.250. The predicted molar refractivity (Wildman–Crippen MR) is 107 cm³/mol. The van der Waals surface area contributed by atoms with Crippen LogP contribution >= 0.6 is 12.2 Å². The molecule has 0 saturated carbocycles. The molecule has 1 aromatic heterocycles. The van der Waals surface area contributed by atoms with Gasteiger partial charge in [-0.15, -0.1) is 0 Å². The van der Waals surface area contributed by atoms with Crippen LogP contribution < -0.4 is 20.3 Å². The number of nitrogens with one attached hydrogen (secondary N) is 2. The molecule has 1 aliphatic heterocycles. The number of hydrogen-bond acceptors (Lipinski definition) is 5. The lowest BCUT2D eigenvalue weighted by Crippen LogP contribution is -2.30. The first-order valence-corrected chi connectivity index (χ1v) is 9.34. The number of carbonyl (C=O) groups excluding carboxylic acids is 1. The van der Waals surface area contributed by atoms with Crippen LogP contribution in [-0.2, 0) is 11.3 Å². The van der Waals surface area contributed by atoms with Crippen LogP contribution in [0.15, 0.2) is 47.3 Å². The molecular formula is C20H19N3O4S. The standard InChI is InChI=1S/C20H19N3O4S/c1-12(13-6-7-16-17(10-13)27-11-26-16)21-18(24)8-9-23-19(25)14-4-2-3-5-15(14)22-20(23)28/h2-7,10,12H,8-9,11H2,1H3,(H,21,24)(H,22,28). The van der Waals surface area contributed by atoms with E-state index >= 15 is 0 Å². The van der Waals surface area contributed by atoms with Crippen molar-refractivity contribution in [2.45, 2.75) is 25.9 Å². The van der Waals surface area contributed by atoms with Gasteiger partial charge < -0.3 is 19.8 Å². The molecule has 1 unspecified atom stereocenters. The second-order valence-electron chi connectivity index (χ2n) is 6.58. The highest BCUT2D eigenvalue weighted by atomic mass is 32.1. The average Bonchev–Trinajstić information content (AvgIpc) is 3.15. The van der Waals surface area contributed by atoms with Crippen molar-refractivity contribution in [3.63, 3.8) is 0 Å². The molecule has 8 heteroatoms. The van der Waals surface area contributed by atoms with Crippen LogP contribution in [0.25, 0.3) is 10.9 Å². The fourth-order valence-corrected chi connectivity index (χ4v) is 3.48.